The van der Waals surface area contributed by atoms with E-state index in [1.54, 1.807) is 37.5 Å². The van der Waals surface area contributed by atoms with E-state index >= 15 is 0 Å². The second-order valence-corrected chi connectivity index (χ2v) is 6.93. The van der Waals surface area contributed by atoms with Gasteiger partial charge in [0.25, 0.3) is 5.91 Å². The normalized spacial score (nSPS) is 17.1. The van der Waals surface area contributed by atoms with E-state index < -0.39 is 6.04 Å². The van der Waals surface area contributed by atoms with Crippen molar-refractivity contribution in [1.29, 1.82) is 0 Å². The van der Waals surface area contributed by atoms with Crippen LogP contribution in [0.4, 0.5) is 0 Å². The molecule has 1 saturated heterocycles. The molecular weight excluding hydrogens is 342 g/mol. The highest BCUT2D eigenvalue weighted by atomic mass is 16.3. The fraction of sp³-hybridized carbons (Fsp3) is 0.429. The lowest BCUT2D eigenvalue weighted by Gasteiger charge is -2.33. The molecule has 27 heavy (non-hydrogen) atoms. The first kappa shape index (κ1) is 19.2. The van der Waals surface area contributed by atoms with E-state index in [4.69, 9.17) is 4.42 Å². The third-order valence-electron chi connectivity index (χ3n) is 4.95. The molecule has 2 unspecified atom stereocenters. The van der Waals surface area contributed by atoms with Crippen LogP contribution in [0.25, 0.3) is 0 Å². The standard InChI is InChI=1S/C21H27N3O3/c1-16(23-21(26)17-9-4-2-5-10-17)20(25)22-15-18(19-11-8-14-27-19)24-12-6-3-7-13-24/h2,4-5,8-11,14,16,18H,3,6-7,12-13,15H2,1H3,(H,22,25)(H,23,26). The maximum atomic E-state index is 12.5. The number of nitrogens with zero attached hydrogens (tertiary/aromatic N) is 1. The van der Waals surface area contributed by atoms with Gasteiger partial charge in [0.15, 0.2) is 0 Å². The smallest absolute Gasteiger partial charge is 0.251 e. The lowest BCUT2D eigenvalue weighted by atomic mass is 10.1. The van der Waals surface area contributed by atoms with Crippen LogP contribution in [-0.2, 0) is 4.79 Å². The Morgan fingerprint density at radius 1 is 1.07 bits per heavy atom. The van der Waals surface area contributed by atoms with E-state index in [0.717, 1.165) is 31.7 Å². The average molecular weight is 369 g/mol. The molecule has 6 nitrogen and oxygen atoms in total. The van der Waals surface area contributed by atoms with Crippen molar-refractivity contribution in [3.63, 3.8) is 0 Å². The molecule has 1 aliphatic rings. The number of amides is 2. The highest BCUT2D eigenvalue weighted by Crippen LogP contribution is 2.24. The second kappa shape index (κ2) is 9.37. The molecule has 1 fully saturated rings. The van der Waals surface area contributed by atoms with Gasteiger partial charge in [-0.2, -0.15) is 0 Å². The van der Waals surface area contributed by atoms with Gasteiger partial charge in [0.2, 0.25) is 5.91 Å². The number of rotatable bonds is 7. The molecule has 0 aliphatic carbocycles. The summed E-state index contributed by atoms with van der Waals surface area (Å²) in [4.78, 5) is 27.1. The van der Waals surface area contributed by atoms with Crippen LogP contribution in [0.15, 0.2) is 53.1 Å². The molecule has 2 atom stereocenters. The van der Waals surface area contributed by atoms with E-state index in [1.807, 2.05) is 18.2 Å². The van der Waals surface area contributed by atoms with E-state index in [9.17, 15) is 9.59 Å². The zero-order valence-corrected chi connectivity index (χ0v) is 15.7. The van der Waals surface area contributed by atoms with Gasteiger partial charge in [-0.15, -0.1) is 0 Å². The molecule has 0 bridgehead atoms. The van der Waals surface area contributed by atoms with Crippen LogP contribution in [-0.4, -0.2) is 42.4 Å². The summed E-state index contributed by atoms with van der Waals surface area (Å²) in [6, 6.07) is 12.1. The second-order valence-electron chi connectivity index (χ2n) is 6.93. The number of benzene rings is 1. The molecule has 0 spiro atoms. The Hall–Kier alpha value is -2.60. The topological polar surface area (TPSA) is 74.6 Å². The maximum absolute atomic E-state index is 12.5. The molecule has 6 heteroatoms. The lowest BCUT2D eigenvalue weighted by Crippen LogP contribution is -2.47. The van der Waals surface area contributed by atoms with Gasteiger partial charge in [0, 0.05) is 12.1 Å². The molecule has 2 aromatic rings. The SMILES string of the molecule is CC(NC(=O)c1ccccc1)C(=O)NCC(c1ccco1)N1CCCCC1. The van der Waals surface area contributed by atoms with Crippen LogP contribution in [0.2, 0.25) is 0 Å². The van der Waals surface area contributed by atoms with Crippen LogP contribution in [0.3, 0.4) is 0 Å². The molecule has 0 radical (unpaired) electrons. The molecule has 144 valence electrons. The predicted molar refractivity (Wildman–Crippen MR) is 103 cm³/mol. The minimum atomic E-state index is -0.615. The summed E-state index contributed by atoms with van der Waals surface area (Å²) in [5.41, 5.74) is 0.541. The Morgan fingerprint density at radius 2 is 1.81 bits per heavy atom. The minimum Gasteiger partial charge on any atom is -0.468 e. The van der Waals surface area contributed by atoms with Crippen LogP contribution < -0.4 is 10.6 Å². The molecular formula is C21H27N3O3. The van der Waals surface area contributed by atoms with Gasteiger partial charge in [-0.3, -0.25) is 14.5 Å². The van der Waals surface area contributed by atoms with Gasteiger partial charge >= 0.3 is 0 Å². The van der Waals surface area contributed by atoms with E-state index in [2.05, 4.69) is 15.5 Å². The van der Waals surface area contributed by atoms with E-state index in [0.29, 0.717) is 12.1 Å². The number of likely N-dealkylation sites (tertiary alicyclic amines) is 1. The van der Waals surface area contributed by atoms with Gasteiger partial charge in [-0.1, -0.05) is 24.6 Å². The van der Waals surface area contributed by atoms with Crippen molar-refractivity contribution in [1.82, 2.24) is 15.5 Å². The number of hydrogen-bond donors (Lipinski definition) is 2. The van der Waals surface area contributed by atoms with Crippen molar-refractivity contribution >= 4 is 11.8 Å². The Morgan fingerprint density at radius 3 is 2.48 bits per heavy atom. The summed E-state index contributed by atoms with van der Waals surface area (Å²) in [5.74, 6) is 0.405. The monoisotopic (exact) mass is 369 g/mol. The van der Waals surface area contributed by atoms with Crippen LogP contribution in [0, 0.1) is 0 Å². The van der Waals surface area contributed by atoms with Crippen molar-refractivity contribution in [2.24, 2.45) is 0 Å². The molecule has 0 saturated carbocycles. The first-order chi connectivity index (χ1) is 13.1. The Bertz CT molecular complexity index is 724. The number of furan rings is 1. The third kappa shape index (κ3) is 5.20. The Labute approximate surface area is 159 Å². The van der Waals surface area contributed by atoms with Crippen LogP contribution in [0.5, 0.6) is 0 Å². The number of hydrogen-bond acceptors (Lipinski definition) is 4. The van der Waals surface area contributed by atoms with Gasteiger partial charge in [-0.25, -0.2) is 0 Å². The van der Waals surface area contributed by atoms with Gasteiger partial charge in [-0.05, 0) is 57.1 Å². The minimum absolute atomic E-state index is 0.0151. The molecule has 1 aromatic carbocycles. The molecule has 1 aliphatic heterocycles. The zero-order valence-electron chi connectivity index (χ0n) is 15.7. The average Bonchev–Trinajstić information content (AvgIpc) is 3.24. The number of nitrogens with one attached hydrogen (secondary N) is 2. The van der Waals surface area contributed by atoms with Crippen molar-refractivity contribution < 1.29 is 14.0 Å². The first-order valence-electron chi connectivity index (χ1n) is 9.56. The molecule has 3 rings (SSSR count). The summed E-state index contributed by atoms with van der Waals surface area (Å²) < 4.78 is 5.60. The van der Waals surface area contributed by atoms with Crippen molar-refractivity contribution in [2.75, 3.05) is 19.6 Å². The van der Waals surface area contributed by atoms with Gasteiger partial charge < -0.3 is 15.1 Å². The molecule has 1 aromatic heterocycles. The maximum Gasteiger partial charge on any atom is 0.251 e. The predicted octanol–water partition coefficient (Wildman–Crippen LogP) is 2.74. The van der Waals surface area contributed by atoms with Crippen molar-refractivity contribution in [2.45, 2.75) is 38.3 Å². The summed E-state index contributed by atoms with van der Waals surface area (Å²) in [6.07, 6.45) is 5.23. The van der Waals surface area contributed by atoms with Gasteiger partial charge in [0.05, 0.1) is 12.3 Å². The van der Waals surface area contributed by atoms with Crippen molar-refractivity contribution in [3.05, 3.63) is 60.1 Å². The number of carbonyl (C=O) groups is 2. The summed E-state index contributed by atoms with van der Waals surface area (Å²) in [7, 11) is 0. The molecule has 2 N–H and O–H groups in total. The number of piperidine rings is 1. The highest BCUT2D eigenvalue weighted by molar-refractivity contribution is 5.97. The number of carbonyl (C=O) groups excluding carboxylic acids is 2. The fourth-order valence-electron chi connectivity index (χ4n) is 3.41. The summed E-state index contributed by atoms with van der Waals surface area (Å²) >= 11 is 0. The quantitative estimate of drug-likeness (QED) is 0.787. The summed E-state index contributed by atoms with van der Waals surface area (Å²) in [5, 5.41) is 5.72. The van der Waals surface area contributed by atoms with E-state index in [-0.39, 0.29) is 17.9 Å². The summed E-state index contributed by atoms with van der Waals surface area (Å²) in [6.45, 7) is 4.15. The van der Waals surface area contributed by atoms with E-state index in [1.165, 1.54) is 6.42 Å². The Kier molecular flexibility index (Phi) is 6.65. The highest BCUT2D eigenvalue weighted by Gasteiger charge is 2.26. The lowest BCUT2D eigenvalue weighted by molar-refractivity contribution is -0.122. The zero-order chi connectivity index (χ0) is 19.1. The fourth-order valence-corrected chi connectivity index (χ4v) is 3.41. The third-order valence-corrected chi connectivity index (χ3v) is 4.95. The Balaban J connectivity index is 1.56. The largest absolute Gasteiger partial charge is 0.468 e. The van der Waals surface area contributed by atoms with Crippen LogP contribution in [0.1, 0.15) is 48.3 Å². The first-order valence-corrected chi connectivity index (χ1v) is 9.56. The van der Waals surface area contributed by atoms with Gasteiger partial charge in [0.1, 0.15) is 11.8 Å². The molecule has 2 amide bonds. The van der Waals surface area contributed by atoms with Crippen LogP contribution >= 0.6 is 0 Å². The van der Waals surface area contributed by atoms with Crippen molar-refractivity contribution in [3.8, 4) is 0 Å². The molecule has 2 heterocycles.